The van der Waals surface area contributed by atoms with Crippen molar-refractivity contribution in [1.29, 1.82) is 0 Å². The van der Waals surface area contributed by atoms with E-state index < -0.39 is 11.8 Å². The van der Waals surface area contributed by atoms with Crippen LogP contribution in [0.1, 0.15) is 20.7 Å². The van der Waals surface area contributed by atoms with Crippen LogP contribution in [-0.4, -0.2) is 16.8 Å². The van der Waals surface area contributed by atoms with E-state index >= 15 is 0 Å². The number of anilines is 1. The minimum atomic E-state index is -0.426. The van der Waals surface area contributed by atoms with Crippen molar-refractivity contribution in [1.82, 2.24) is 4.98 Å². The van der Waals surface area contributed by atoms with Gasteiger partial charge < -0.3 is 8.83 Å². The SMILES string of the molecule is O=C1c2cc3oc4ccccc4c4ccccc4oc3cc2C(=O)N1c1cccc2cccnc12. The van der Waals surface area contributed by atoms with Crippen molar-refractivity contribution < 1.29 is 18.4 Å². The Balaban J connectivity index is 1.51. The first kappa shape index (κ1) is 19.5. The number of para-hydroxylation sites is 3. The molecule has 3 heterocycles. The van der Waals surface area contributed by atoms with Crippen LogP contribution in [-0.2, 0) is 0 Å². The molecule has 0 saturated heterocycles. The zero-order valence-electron chi connectivity index (χ0n) is 18.3. The molecule has 7 rings (SSSR count). The molecule has 6 heteroatoms. The molecule has 2 aromatic heterocycles. The van der Waals surface area contributed by atoms with E-state index in [0.717, 1.165) is 16.2 Å². The molecule has 0 spiro atoms. The third kappa shape index (κ3) is 2.87. The van der Waals surface area contributed by atoms with E-state index in [0.29, 0.717) is 33.5 Å². The van der Waals surface area contributed by atoms with E-state index in [1.54, 1.807) is 24.4 Å². The van der Waals surface area contributed by atoms with E-state index in [-0.39, 0.29) is 11.1 Å². The van der Waals surface area contributed by atoms with Gasteiger partial charge in [-0.25, -0.2) is 4.90 Å². The first-order valence-electron chi connectivity index (χ1n) is 11.1. The summed E-state index contributed by atoms with van der Waals surface area (Å²) < 4.78 is 12.5. The highest BCUT2D eigenvalue weighted by molar-refractivity contribution is 6.36. The zero-order chi connectivity index (χ0) is 23.5. The van der Waals surface area contributed by atoms with E-state index in [1.165, 1.54) is 4.90 Å². The van der Waals surface area contributed by atoms with Gasteiger partial charge in [0.1, 0.15) is 11.2 Å². The highest BCUT2D eigenvalue weighted by atomic mass is 16.4. The number of benzene rings is 4. The number of imide groups is 1. The average Bonchev–Trinajstić information content (AvgIpc) is 3.12. The third-order valence-corrected chi connectivity index (χ3v) is 6.31. The topological polar surface area (TPSA) is 76.6 Å². The molecule has 1 aliphatic rings. The van der Waals surface area contributed by atoms with Crippen LogP contribution in [0.15, 0.2) is 106 Å². The summed E-state index contributed by atoms with van der Waals surface area (Å²) in [6, 6.07) is 27.6. The standard InChI is InChI=1S/C29H16N2O4/c32-28-20-15-25-26(35-24-13-4-2-10-19(24)18-9-1-3-12-23(18)34-25)16-21(20)29(33)31(28)22-11-5-7-17-8-6-14-30-27(17)22/h1-16H. The molecule has 0 unspecified atom stereocenters. The van der Waals surface area contributed by atoms with Crippen LogP contribution >= 0.6 is 0 Å². The monoisotopic (exact) mass is 456 g/mol. The Hall–Kier alpha value is -4.97. The quantitative estimate of drug-likeness (QED) is 0.254. The van der Waals surface area contributed by atoms with Gasteiger partial charge in [0.25, 0.3) is 11.8 Å². The summed E-state index contributed by atoms with van der Waals surface area (Å²) in [5.74, 6) is -0.851. The van der Waals surface area contributed by atoms with Gasteiger partial charge in [-0.15, -0.1) is 0 Å². The molecular formula is C29H16N2O4. The van der Waals surface area contributed by atoms with Crippen molar-refractivity contribution in [2.75, 3.05) is 4.90 Å². The molecule has 0 aliphatic carbocycles. The van der Waals surface area contributed by atoms with Gasteiger partial charge in [0.2, 0.25) is 0 Å². The van der Waals surface area contributed by atoms with Crippen molar-refractivity contribution in [3.8, 4) is 0 Å². The number of carbonyl (C=O) groups excluding carboxylic acids is 2. The molecule has 35 heavy (non-hydrogen) atoms. The van der Waals surface area contributed by atoms with Gasteiger partial charge in [-0.1, -0.05) is 54.6 Å². The van der Waals surface area contributed by atoms with Crippen LogP contribution in [0.25, 0.3) is 44.0 Å². The van der Waals surface area contributed by atoms with Crippen molar-refractivity contribution in [3.05, 3.63) is 108 Å². The molecular weight excluding hydrogens is 440 g/mol. The summed E-state index contributed by atoms with van der Waals surface area (Å²) in [5.41, 5.74) is 3.55. The van der Waals surface area contributed by atoms with E-state index in [9.17, 15) is 9.59 Å². The Morgan fingerprint density at radius 1 is 0.600 bits per heavy atom. The van der Waals surface area contributed by atoms with Crippen LogP contribution in [0.5, 0.6) is 0 Å². The second kappa shape index (κ2) is 7.27. The Morgan fingerprint density at radius 3 is 1.80 bits per heavy atom. The van der Waals surface area contributed by atoms with Gasteiger partial charge in [-0.2, -0.15) is 0 Å². The number of carbonyl (C=O) groups is 2. The summed E-state index contributed by atoms with van der Waals surface area (Å²) in [4.78, 5) is 32.6. The van der Waals surface area contributed by atoms with Crippen LogP contribution in [0.4, 0.5) is 5.69 Å². The second-order valence-electron chi connectivity index (χ2n) is 8.34. The molecule has 0 saturated carbocycles. The second-order valence-corrected chi connectivity index (χ2v) is 8.34. The molecule has 6 aromatic rings. The molecule has 0 radical (unpaired) electrons. The fraction of sp³-hybridized carbons (Fsp3) is 0. The van der Waals surface area contributed by atoms with Crippen molar-refractivity contribution in [2.45, 2.75) is 0 Å². The van der Waals surface area contributed by atoms with Gasteiger partial charge in [-0.3, -0.25) is 14.6 Å². The minimum Gasteiger partial charge on any atom is -0.453 e. The lowest BCUT2D eigenvalue weighted by Gasteiger charge is -2.15. The Morgan fingerprint density at radius 2 is 1.17 bits per heavy atom. The summed E-state index contributed by atoms with van der Waals surface area (Å²) in [6.07, 6.45) is 1.65. The van der Waals surface area contributed by atoms with Gasteiger partial charge in [0, 0.05) is 22.4 Å². The maximum Gasteiger partial charge on any atom is 0.266 e. The Kier molecular flexibility index (Phi) is 4.05. The molecule has 166 valence electrons. The Labute approximate surface area is 198 Å². The highest BCUT2D eigenvalue weighted by Gasteiger charge is 2.38. The molecule has 0 bridgehead atoms. The summed E-state index contributed by atoms with van der Waals surface area (Å²) in [7, 11) is 0. The molecule has 0 fully saturated rings. The lowest BCUT2D eigenvalue weighted by Crippen LogP contribution is -2.29. The number of rotatable bonds is 1. The predicted molar refractivity (Wildman–Crippen MR) is 134 cm³/mol. The van der Waals surface area contributed by atoms with Crippen LogP contribution < -0.4 is 4.90 Å². The van der Waals surface area contributed by atoms with Gasteiger partial charge in [0.05, 0.1) is 22.3 Å². The highest BCUT2D eigenvalue weighted by Crippen LogP contribution is 2.35. The van der Waals surface area contributed by atoms with Crippen molar-refractivity contribution in [2.24, 2.45) is 0 Å². The zero-order valence-corrected chi connectivity index (χ0v) is 18.3. The lowest BCUT2D eigenvalue weighted by molar-refractivity contribution is 0.0926. The largest absolute Gasteiger partial charge is 0.453 e. The third-order valence-electron chi connectivity index (χ3n) is 6.31. The van der Waals surface area contributed by atoms with Crippen molar-refractivity contribution >= 4 is 61.5 Å². The molecule has 2 amide bonds. The normalized spacial score (nSPS) is 13.2. The van der Waals surface area contributed by atoms with E-state index in [4.69, 9.17) is 8.83 Å². The number of aromatic nitrogens is 1. The van der Waals surface area contributed by atoms with Crippen LogP contribution in [0.2, 0.25) is 0 Å². The number of pyridine rings is 1. The first-order chi connectivity index (χ1) is 17.2. The van der Waals surface area contributed by atoms with Crippen LogP contribution in [0, 0.1) is 0 Å². The number of nitrogens with zero attached hydrogens (tertiary/aromatic N) is 2. The number of hydrogen-bond donors (Lipinski definition) is 0. The Bertz CT molecular complexity index is 1810. The number of amides is 2. The van der Waals surface area contributed by atoms with Crippen LogP contribution in [0.3, 0.4) is 0 Å². The van der Waals surface area contributed by atoms with E-state index in [1.807, 2.05) is 72.8 Å². The fourth-order valence-corrected chi connectivity index (χ4v) is 4.69. The summed E-state index contributed by atoms with van der Waals surface area (Å²) in [5, 5.41) is 2.59. The number of fused-ring (bicyclic) bond motifs is 6. The van der Waals surface area contributed by atoms with Gasteiger partial charge in [0.15, 0.2) is 11.2 Å². The number of hydrogen-bond acceptors (Lipinski definition) is 5. The minimum absolute atomic E-state index is 0.261. The molecule has 0 atom stereocenters. The predicted octanol–water partition coefficient (Wildman–Crippen LogP) is 6.81. The average molecular weight is 456 g/mol. The molecule has 0 N–H and O–H groups in total. The van der Waals surface area contributed by atoms with Gasteiger partial charge >= 0.3 is 0 Å². The first-order valence-corrected chi connectivity index (χ1v) is 11.1. The summed E-state index contributed by atoms with van der Waals surface area (Å²) in [6.45, 7) is 0. The molecule has 4 aromatic carbocycles. The van der Waals surface area contributed by atoms with Gasteiger partial charge in [-0.05, 0) is 36.4 Å². The molecule has 1 aliphatic heterocycles. The smallest absolute Gasteiger partial charge is 0.266 e. The maximum atomic E-state index is 13.5. The maximum absolute atomic E-state index is 13.5. The lowest BCUT2D eigenvalue weighted by atomic mass is 10.1. The molecule has 6 nitrogen and oxygen atoms in total. The summed E-state index contributed by atoms with van der Waals surface area (Å²) >= 11 is 0. The van der Waals surface area contributed by atoms with Crippen molar-refractivity contribution in [3.63, 3.8) is 0 Å². The van der Waals surface area contributed by atoms with E-state index in [2.05, 4.69) is 4.98 Å². The fourth-order valence-electron chi connectivity index (χ4n) is 4.69.